The van der Waals surface area contributed by atoms with E-state index in [0.717, 1.165) is 30.5 Å². The highest BCUT2D eigenvalue weighted by atomic mass is 15.3. The lowest BCUT2D eigenvalue weighted by Crippen LogP contribution is -2.05. The van der Waals surface area contributed by atoms with E-state index in [0.29, 0.717) is 0 Å². The van der Waals surface area contributed by atoms with Gasteiger partial charge in [-0.05, 0) is 25.1 Å². The third-order valence-corrected chi connectivity index (χ3v) is 2.35. The molecule has 2 heterocycles. The van der Waals surface area contributed by atoms with Crippen LogP contribution < -0.4 is 5.32 Å². The van der Waals surface area contributed by atoms with Crippen molar-refractivity contribution in [2.24, 2.45) is 0 Å². The molecule has 15 heavy (non-hydrogen) atoms. The lowest BCUT2D eigenvalue weighted by atomic mass is 10.2. The van der Waals surface area contributed by atoms with Crippen LogP contribution in [0.2, 0.25) is 0 Å². The van der Waals surface area contributed by atoms with E-state index in [9.17, 15) is 0 Å². The van der Waals surface area contributed by atoms with Crippen LogP contribution in [0.4, 0.5) is 0 Å². The molecule has 0 aromatic carbocycles. The summed E-state index contributed by atoms with van der Waals surface area (Å²) in [6.45, 7) is 3.92. The number of rotatable bonds is 4. The van der Waals surface area contributed by atoms with E-state index in [1.165, 1.54) is 5.56 Å². The van der Waals surface area contributed by atoms with E-state index in [1.54, 1.807) is 0 Å². The molecular weight excluding hydrogens is 188 g/mol. The third kappa shape index (κ3) is 1.99. The average molecular weight is 204 g/mol. The Bertz CT molecular complexity index is 447. The van der Waals surface area contributed by atoms with Crippen LogP contribution >= 0.6 is 0 Å². The summed E-state index contributed by atoms with van der Waals surface area (Å²) in [6, 6.07) is 2.14. The number of nitrogens with zero attached hydrogens (tertiary/aromatic N) is 3. The van der Waals surface area contributed by atoms with Crippen molar-refractivity contribution in [1.82, 2.24) is 20.1 Å². The van der Waals surface area contributed by atoms with Gasteiger partial charge in [0, 0.05) is 24.7 Å². The molecule has 2 aromatic heterocycles. The largest absolute Gasteiger partial charge is 0.316 e. The van der Waals surface area contributed by atoms with Crippen molar-refractivity contribution in [3.05, 3.63) is 24.0 Å². The normalized spacial score (nSPS) is 11.1. The van der Waals surface area contributed by atoms with Gasteiger partial charge < -0.3 is 5.32 Å². The van der Waals surface area contributed by atoms with Crippen molar-refractivity contribution in [1.29, 1.82) is 0 Å². The zero-order valence-electron chi connectivity index (χ0n) is 9.20. The number of hydrogen-bond donors (Lipinski definition) is 1. The molecule has 0 aliphatic rings. The van der Waals surface area contributed by atoms with Gasteiger partial charge in [-0.1, -0.05) is 6.92 Å². The molecule has 2 rings (SSSR count). The number of pyridine rings is 1. The first-order valence-electron chi connectivity index (χ1n) is 5.30. The minimum atomic E-state index is 0.849. The van der Waals surface area contributed by atoms with E-state index in [2.05, 4.69) is 28.4 Å². The van der Waals surface area contributed by atoms with E-state index in [-0.39, 0.29) is 0 Å². The van der Waals surface area contributed by atoms with Crippen LogP contribution in [0, 0.1) is 0 Å². The van der Waals surface area contributed by atoms with Crippen molar-refractivity contribution < 1.29 is 0 Å². The van der Waals surface area contributed by atoms with Gasteiger partial charge in [-0.3, -0.25) is 0 Å². The zero-order valence-corrected chi connectivity index (χ0v) is 9.20. The van der Waals surface area contributed by atoms with Crippen LogP contribution in [0.15, 0.2) is 18.5 Å². The Balaban J connectivity index is 2.38. The van der Waals surface area contributed by atoms with Gasteiger partial charge in [0.15, 0.2) is 5.65 Å². The lowest BCUT2D eigenvalue weighted by Gasteiger charge is -2.01. The fourth-order valence-corrected chi connectivity index (χ4v) is 1.69. The molecule has 0 spiro atoms. The Kier molecular flexibility index (Phi) is 2.97. The summed E-state index contributed by atoms with van der Waals surface area (Å²) in [4.78, 5) is 4.44. The fraction of sp³-hybridized carbons (Fsp3) is 0.455. The molecule has 1 N–H and O–H groups in total. The van der Waals surface area contributed by atoms with Gasteiger partial charge in [0.2, 0.25) is 0 Å². The zero-order chi connectivity index (χ0) is 10.7. The molecule has 0 bridgehead atoms. The molecular formula is C11H16N4. The SMILES string of the molecule is CCCn1ncc2cc(CNC)cnc21. The Morgan fingerprint density at radius 1 is 1.40 bits per heavy atom. The lowest BCUT2D eigenvalue weighted by molar-refractivity contribution is 0.617. The van der Waals surface area contributed by atoms with Crippen molar-refractivity contribution in [3.8, 4) is 0 Å². The number of fused-ring (bicyclic) bond motifs is 1. The molecule has 0 fully saturated rings. The summed E-state index contributed by atoms with van der Waals surface area (Å²) in [5.41, 5.74) is 2.18. The highest BCUT2D eigenvalue weighted by Gasteiger charge is 2.03. The molecule has 0 aliphatic heterocycles. The molecule has 80 valence electrons. The van der Waals surface area contributed by atoms with Gasteiger partial charge >= 0.3 is 0 Å². The van der Waals surface area contributed by atoms with E-state index in [1.807, 2.05) is 24.1 Å². The number of hydrogen-bond acceptors (Lipinski definition) is 3. The number of aromatic nitrogens is 3. The van der Waals surface area contributed by atoms with E-state index < -0.39 is 0 Å². The predicted molar refractivity (Wildman–Crippen MR) is 60.6 cm³/mol. The van der Waals surface area contributed by atoms with E-state index >= 15 is 0 Å². The predicted octanol–water partition coefficient (Wildman–Crippen LogP) is 1.56. The topological polar surface area (TPSA) is 42.7 Å². The fourth-order valence-electron chi connectivity index (χ4n) is 1.69. The van der Waals surface area contributed by atoms with Crippen molar-refractivity contribution >= 4 is 11.0 Å². The Morgan fingerprint density at radius 3 is 3.00 bits per heavy atom. The summed E-state index contributed by atoms with van der Waals surface area (Å²) in [5, 5.41) is 8.55. The molecule has 2 aromatic rings. The molecule has 0 saturated heterocycles. The van der Waals surface area contributed by atoms with Crippen LogP contribution in [-0.4, -0.2) is 21.8 Å². The minimum Gasteiger partial charge on any atom is -0.316 e. The minimum absolute atomic E-state index is 0.849. The Hall–Kier alpha value is -1.42. The second-order valence-electron chi connectivity index (χ2n) is 3.65. The van der Waals surface area contributed by atoms with Crippen LogP contribution in [-0.2, 0) is 13.1 Å². The summed E-state index contributed by atoms with van der Waals surface area (Å²) in [5.74, 6) is 0. The van der Waals surface area contributed by atoms with E-state index in [4.69, 9.17) is 0 Å². The first-order valence-corrected chi connectivity index (χ1v) is 5.30. The van der Waals surface area contributed by atoms with Gasteiger partial charge in [-0.2, -0.15) is 5.10 Å². The molecule has 4 nitrogen and oxygen atoms in total. The first-order chi connectivity index (χ1) is 7.35. The maximum absolute atomic E-state index is 4.44. The third-order valence-electron chi connectivity index (χ3n) is 2.35. The molecule has 0 aliphatic carbocycles. The van der Waals surface area contributed by atoms with Gasteiger partial charge in [0.25, 0.3) is 0 Å². The highest BCUT2D eigenvalue weighted by molar-refractivity contribution is 5.74. The number of nitrogens with one attached hydrogen (secondary N) is 1. The first kappa shape index (κ1) is 10.1. The van der Waals surface area contributed by atoms with Gasteiger partial charge in [-0.25, -0.2) is 9.67 Å². The summed E-state index contributed by atoms with van der Waals surface area (Å²) in [6.07, 6.45) is 4.88. The van der Waals surface area contributed by atoms with Gasteiger partial charge in [-0.15, -0.1) is 0 Å². The Morgan fingerprint density at radius 2 is 2.27 bits per heavy atom. The summed E-state index contributed by atoms with van der Waals surface area (Å²) < 4.78 is 1.96. The second-order valence-corrected chi connectivity index (χ2v) is 3.65. The molecule has 4 heteroatoms. The quantitative estimate of drug-likeness (QED) is 0.822. The molecule has 0 unspecified atom stereocenters. The molecule has 0 saturated carbocycles. The molecule has 0 atom stereocenters. The molecule has 0 amide bonds. The van der Waals surface area contributed by atoms with Crippen molar-refractivity contribution in [2.45, 2.75) is 26.4 Å². The molecule has 0 radical (unpaired) electrons. The maximum atomic E-state index is 4.44. The summed E-state index contributed by atoms with van der Waals surface area (Å²) in [7, 11) is 1.94. The van der Waals surface area contributed by atoms with Gasteiger partial charge in [0.1, 0.15) is 0 Å². The Labute approximate surface area is 89.3 Å². The van der Waals surface area contributed by atoms with Crippen molar-refractivity contribution in [3.63, 3.8) is 0 Å². The smallest absolute Gasteiger partial charge is 0.157 e. The van der Waals surface area contributed by atoms with Crippen molar-refractivity contribution in [2.75, 3.05) is 7.05 Å². The van der Waals surface area contributed by atoms with Crippen LogP contribution in [0.25, 0.3) is 11.0 Å². The average Bonchev–Trinajstić information content (AvgIpc) is 2.62. The van der Waals surface area contributed by atoms with Crippen LogP contribution in [0.1, 0.15) is 18.9 Å². The number of aryl methyl sites for hydroxylation is 1. The summed E-state index contributed by atoms with van der Waals surface area (Å²) >= 11 is 0. The van der Waals surface area contributed by atoms with Gasteiger partial charge in [0.05, 0.1) is 6.20 Å². The van der Waals surface area contributed by atoms with Crippen LogP contribution in [0.3, 0.4) is 0 Å². The maximum Gasteiger partial charge on any atom is 0.157 e. The highest BCUT2D eigenvalue weighted by Crippen LogP contribution is 2.13. The second kappa shape index (κ2) is 4.40. The monoisotopic (exact) mass is 204 g/mol. The van der Waals surface area contributed by atoms with Crippen LogP contribution in [0.5, 0.6) is 0 Å². The standard InChI is InChI=1S/C11H16N4/c1-3-4-15-11-10(8-14-15)5-9(6-12-2)7-13-11/h5,7-8,12H,3-4,6H2,1-2H3.